The van der Waals surface area contributed by atoms with E-state index in [9.17, 15) is 4.39 Å². The first-order chi connectivity index (χ1) is 12.7. The second kappa shape index (κ2) is 6.55. The predicted molar refractivity (Wildman–Crippen MR) is 98.0 cm³/mol. The summed E-state index contributed by atoms with van der Waals surface area (Å²) in [6, 6.07) is 7.17. The predicted octanol–water partition coefficient (Wildman–Crippen LogP) is 3.80. The molecule has 1 aromatic carbocycles. The normalized spacial score (nSPS) is 24.1. The summed E-state index contributed by atoms with van der Waals surface area (Å²) in [5, 5.41) is 4.88. The molecule has 0 spiro atoms. The van der Waals surface area contributed by atoms with Crippen molar-refractivity contribution in [1.82, 2.24) is 19.2 Å². The minimum absolute atomic E-state index is 0.0352. The summed E-state index contributed by atoms with van der Waals surface area (Å²) in [6.07, 6.45) is 4.89. The molecule has 138 valence electrons. The third kappa shape index (κ3) is 3.23. The van der Waals surface area contributed by atoms with Crippen LogP contribution in [0.2, 0.25) is 0 Å². The molecule has 7 heteroatoms. The van der Waals surface area contributed by atoms with E-state index in [0.29, 0.717) is 25.2 Å². The molecule has 0 bridgehead atoms. The third-order valence-electron chi connectivity index (χ3n) is 5.48. The smallest absolute Gasteiger partial charge is 0.199 e. The number of benzene rings is 1. The van der Waals surface area contributed by atoms with Crippen molar-refractivity contribution in [2.45, 2.75) is 50.4 Å². The van der Waals surface area contributed by atoms with Crippen molar-refractivity contribution < 1.29 is 9.13 Å². The number of hydrogen-bond donors (Lipinski definition) is 0. The maximum absolute atomic E-state index is 13.2. The van der Waals surface area contributed by atoms with Gasteiger partial charge in [0.15, 0.2) is 4.77 Å². The van der Waals surface area contributed by atoms with Gasteiger partial charge in [0.05, 0.1) is 19.4 Å². The molecule has 0 amide bonds. The number of ether oxygens (including phenoxy) is 1. The first-order valence-electron chi connectivity index (χ1n) is 9.47. The molecule has 5 nitrogen and oxygen atoms in total. The largest absolute Gasteiger partial charge is 0.371 e. The fraction of sp³-hybridized carbons (Fsp3) is 0.579. The summed E-state index contributed by atoms with van der Waals surface area (Å²) in [4.78, 5) is 2.33. The number of aromatic nitrogens is 3. The minimum Gasteiger partial charge on any atom is -0.371 e. The quantitative estimate of drug-likeness (QED) is 0.746. The van der Waals surface area contributed by atoms with E-state index < -0.39 is 0 Å². The average Bonchev–Trinajstić information content (AvgIpc) is 3.55. The summed E-state index contributed by atoms with van der Waals surface area (Å²) in [5.74, 6) is 1.59. The molecular formula is C19H23FN4OS. The Morgan fingerprint density at radius 2 is 1.92 bits per heavy atom. The number of halogens is 1. The van der Waals surface area contributed by atoms with Gasteiger partial charge in [-0.2, -0.15) is 5.10 Å². The van der Waals surface area contributed by atoms with Crippen molar-refractivity contribution in [3.63, 3.8) is 0 Å². The molecule has 2 heterocycles. The zero-order chi connectivity index (χ0) is 17.7. The molecule has 5 rings (SSSR count). The van der Waals surface area contributed by atoms with Crippen LogP contribution in [0, 0.1) is 10.6 Å². The van der Waals surface area contributed by atoms with Gasteiger partial charge in [0, 0.05) is 25.0 Å². The van der Waals surface area contributed by atoms with E-state index in [1.165, 1.54) is 43.6 Å². The maximum Gasteiger partial charge on any atom is 0.199 e. The van der Waals surface area contributed by atoms with Gasteiger partial charge in [0.1, 0.15) is 11.6 Å². The number of nitrogens with zero attached hydrogens (tertiary/aromatic N) is 4. The maximum atomic E-state index is 13.2. The van der Waals surface area contributed by atoms with Gasteiger partial charge in [-0.25, -0.2) is 9.07 Å². The summed E-state index contributed by atoms with van der Waals surface area (Å²) < 4.78 is 24.2. The molecule has 1 atom stereocenters. The summed E-state index contributed by atoms with van der Waals surface area (Å²) in [6.45, 7) is 2.98. The van der Waals surface area contributed by atoms with Crippen LogP contribution in [0.5, 0.6) is 0 Å². The molecule has 2 aliphatic carbocycles. The van der Waals surface area contributed by atoms with Crippen LogP contribution in [-0.2, 0) is 11.4 Å². The molecule has 1 aliphatic heterocycles. The highest BCUT2D eigenvalue weighted by atomic mass is 32.1. The van der Waals surface area contributed by atoms with Gasteiger partial charge in [-0.05, 0) is 55.6 Å². The SMILES string of the molecule is Fc1ccc([C@@H]2CN(Cn3nc(C4CC4)n(C4CC4)c3=S)CCO2)cc1. The molecular weight excluding hydrogens is 351 g/mol. The number of hydrogen-bond acceptors (Lipinski definition) is 4. The molecule has 2 saturated carbocycles. The Morgan fingerprint density at radius 1 is 1.15 bits per heavy atom. The Balaban J connectivity index is 1.34. The van der Waals surface area contributed by atoms with Gasteiger partial charge in [-0.15, -0.1) is 0 Å². The summed E-state index contributed by atoms with van der Waals surface area (Å²) in [7, 11) is 0. The highest BCUT2D eigenvalue weighted by Crippen LogP contribution is 2.44. The van der Waals surface area contributed by atoms with Gasteiger partial charge in [-0.1, -0.05) is 12.1 Å². The summed E-state index contributed by atoms with van der Waals surface area (Å²) >= 11 is 5.75. The highest BCUT2D eigenvalue weighted by Gasteiger charge is 2.36. The monoisotopic (exact) mass is 374 g/mol. The lowest BCUT2D eigenvalue weighted by Gasteiger charge is -2.32. The van der Waals surface area contributed by atoms with Crippen LogP contribution < -0.4 is 0 Å². The van der Waals surface area contributed by atoms with Crippen molar-refractivity contribution >= 4 is 12.2 Å². The van der Waals surface area contributed by atoms with E-state index in [1.807, 2.05) is 16.8 Å². The van der Waals surface area contributed by atoms with E-state index in [1.54, 1.807) is 0 Å². The average molecular weight is 374 g/mol. The van der Waals surface area contributed by atoms with Crippen LogP contribution in [0.3, 0.4) is 0 Å². The third-order valence-corrected chi connectivity index (χ3v) is 5.89. The molecule has 3 aliphatic rings. The van der Waals surface area contributed by atoms with Crippen LogP contribution in [0.25, 0.3) is 0 Å². The summed E-state index contributed by atoms with van der Waals surface area (Å²) in [5.41, 5.74) is 1.02. The van der Waals surface area contributed by atoms with Gasteiger partial charge in [-0.3, -0.25) is 4.90 Å². The van der Waals surface area contributed by atoms with Crippen molar-refractivity contribution in [1.29, 1.82) is 0 Å². The lowest BCUT2D eigenvalue weighted by Crippen LogP contribution is -2.39. The molecule has 26 heavy (non-hydrogen) atoms. The Labute approximate surface area is 157 Å². The van der Waals surface area contributed by atoms with Gasteiger partial charge >= 0.3 is 0 Å². The van der Waals surface area contributed by atoms with Gasteiger partial charge in [0.2, 0.25) is 0 Å². The van der Waals surface area contributed by atoms with Crippen molar-refractivity contribution in [3.05, 3.63) is 46.2 Å². The highest BCUT2D eigenvalue weighted by molar-refractivity contribution is 7.71. The van der Waals surface area contributed by atoms with E-state index in [-0.39, 0.29) is 11.9 Å². The van der Waals surface area contributed by atoms with Crippen molar-refractivity contribution in [3.8, 4) is 0 Å². The van der Waals surface area contributed by atoms with Crippen LogP contribution in [0.4, 0.5) is 4.39 Å². The molecule has 0 N–H and O–H groups in total. The van der Waals surface area contributed by atoms with E-state index in [2.05, 4.69) is 9.47 Å². The Kier molecular flexibility index (Phi) is 4.18. The zero-order valence-corrected chi connectivity index (χ0v) is 15.5. The number of rotatable bonds is 5. The fourth-order valence-electron chi connectivity index (χ4n) is 3.72. The standard InChI is InChI=1S/C19H23FN4OS/c20-15-5-3-13(4-6-15)17-11-22(9-10-25-17)12-23-19(26)24(16-7-8-16)18(21-23)14-1-2-14/h3-6,14,16-17H,1-2,7-12H2/t17-/m0/s1. The lowest BCUT2D eigenvalue weighted by molar-refractivity contribution is -0.0419. The van der Waals surface area contributed by atoms with Crippen molar-refractivity contribution in [2.75, 3.05) is 19.7 Å². The molecule has 2 aromatic rings. The zero-order valence-electron chi connectivity index (χ0n) is 14.7. The second-order valence-corrected chi connectivity index (χ2v) is 8.01. The molecule has 0 radical (unpaired) electrons. The molecule has 0 unspecified atom stereocenters. The van der Waals surface area contributed by atoms with Crippen LogP contribution in [0.15, 0.2) is 24.3 Å². The topological polar surface area (TPSA) is 35.2 Å². The van der Waals surface area contributed by atoms with Crippen LogP contribution >= 0.6 is 12.2 Å². The Hall–Kier alpha value is -1.57. The lowest BCUT2D eigenvalue weighted by atomic mass is 10.1. The van der Waals surface area contributed by atoms with Gasteiger partial charge in [0.25, 0.3) is 0 Å². The first kappa shape index (κ1) is 16.6. The second-order valence-electron chi connectivity index (χ2n) is 7.65. The van der Waals surface area contributed by atoms with E-state index >= 15 is 0 Å². The van der Waals surface area contributed by atoms with Crippen molar-refractivity contribution in [2.24, 2.45) is 0 Å². The Bertz CT molecular complexity index is 853. The minimum atomic E-state index is -0.217. The molecule has 1 saturated heterocycles. The van der Waals surface area contributed by atoms with Gasteiger partial charge < -0.3 is 9.30 Å². The Morgan fingerprint density at radius 3 is 2.62 bits per heavy atom. The van der Waals surface area contributed by atoms with E-state index in [0.717, 1.165) is 23.4 Å². The van der Waals surface area contributed by atoms with Crippen LogP contribution in [0.1, 0.15) is 55.1 Å². The number of morpholine rings is 1. The fourth-order valence-corrected chi connectivity index (χ4v) is 4.07. The first-order valence-corrected chi connectivity index (χ1v) is 9.88. The molecule has 1 aromatic heterocycles. The van der Waals surface area contributed by atoms with Crippen LogP contribution in [-0.4, -0.2) is 38.9 Å². The molecule has 3 fully saturated rings. The van der Waals surface area contributed by atoms with E-state index in [4.69, 9.17) is 22.1 Å².